The number of benzene rings is 1. The monoisotopic (exact) mass is 363 g/mol. The number of aliphatic hydroxyl groups is 1. The lowest BCUT2D eigenvalue weighted by atomic mass is 10.1. The number of carbonyl (C=O) groups is 2. The molecule has 26 heavy (non-hydrogen) atoms. The standard InChI is InChI=1S/C19H29N3O4/c1-5-8-22(9-10-23)18(24)12-15-13-26-17-7-6-14(19(25)20(2)3)11-16(17)21(15)4/h6-7,11,15,23H,5,8-10,12-13H2,1-4H3/t15-/m0/s1. The molecule has 2 rings (SSSR count). The van der Waals surface area contributed by atoms with Gasteiger partial charge in [-0.3, -0.25) is 9.59 Å². The zero-order valence-electron chi connectivity index (χ0n) is 16.1. The maximum absolute atomic E-state index is 12.6. The van der Waals surface area contributed by atoms with Crippen molar-refractivity contribution in [1.82, 2.24) is 9.80 Å². The number of hydrogen-bond acceptors (Lipinski definition) is 5. The minimum atomic E-state index is -0.113. The molecule has 0 bridgehead atoms. The molecule has 7 nitrogen and oxygen atoms in total. The second-order valence-corrected chi connectivity index (χ2v) is 6.77. The van der Waals surface area contributed by atoms with Crippen LogP contribution in [0, 0.1) is 0 Å². The van der Waals surface area contributed by atoms with Gasteiger partial charge in [0.1, 0.15) is 12.4 Å². The maximum Gasteiger partial charge on any atom is 0.253 e. The van der Waals surface area contributed by atoms with E-state index >= 15 is 0 Å². The van der Waals surface area contributed by atoms with Crippen LogP contribution in [0.15, 0.2) is 18.2 Å². The van der Waals surface area contributed by atoms with Gasteiger partial charge in [-0.25, -0.2) is 0 Å². The molecule has 0 saturated heterocycles. The van der Waals surface area contributed by atoms with Crippen molar-refractivity contribution in [2.75, 3.05) is 52.3 Å². The highest BCUT2D eigenvalue weighted by Gasteiger charge is 2.29. The van der Waals surface area contributed by atoms with Gasteiger partial charge in [-0.1, -0.05) is 6.92 Å². The first kappa shape index (κ1) is 20.0. The molecule has 7 heteroatoms. The van der Waals surface area contributed by atoms with Crippen LogP contribution >= 0.6 is 0 Å². The summed E-state index contributed by atoms with van der Waals surface area (Å²) in [5, 5.41) is 9.16. The van der Waals surface area contributed by atoms with Crippen LogP contribution in [0.25, 0.3) is 0 Å². The molecule has 1 aromatic rings. The normalized spacial score (nSPS) is 15.9. The van der Waals surface area contributed by atoms with Crippen molar-refractivity contribution in [1.29, 1.82) is 0 Å². The topological polar surface area (TPSA) is 73.3 Å². The van der Waals surface area contributed by atoms with E-state index in [9.17, 15) is 9.59 Å². The highest BCUT2D eigenvalue weighted by atomic mass is 16.5. The Labute approximate surface area is 155 Å². The molecule has 0 fully saturated rings. The first-order chi connectivity index (χ1) is 12.4. The highest BCUT2D eigenvalue weighted by molar-refractivity contribution is 5.95. The first-order valence-corrected chi connectivity index (χ1v) is 8.99. The lowest BCUT2D eigenvalue weighted by Crippen LogP contribution is -2.45. The predicted molar refractivity (Wildman–Crippen MR) is 101 cm³/mol. The molecule has 0 spiro atoms. The molecule has 0 radical (unpaired) electrons. The fraction of sp³-hybridized carbons (Fsp3) is 0.579. The average molecular weight is 363 g/mol. The van der Waals surface area contributed by atoms with Crippen molar-refractivity contribution < 1.29 is 19.4 Å². The highest BCUT2D eigenvalue weighted by Crippen LogP contribution is 2.34. The Morgan fingerprint density at radius 1 is 1.31 bits per heavy atom. The van der Waals surface area contributed by atoms with E-state index in [1.54, 1.807) is 31.1 Å². The fourth-order valence-corrected chi connectivity index (χ4v) is 3.08. The zero-order valence-corrected chi connectivity index (χ0v) is 16.1. The van der Waals surface area contributed by atoms with Crippen molar-refractivity contribution in [2.45, 2.75) is 25.8 Å². The predicted octanol–water partition coefficient (Wildman–Crippen LogP) is 1.21. The molecule has 1 atom stereocenters. The second-order valence-electron chi connectivity index (χ2n) is 6.77. The average Bonchev–Trinajstić information content (AvgIpc) is 2.62. The Morgan fingerprint density at radius 2 is 2.04 bits per heavy atom. The van der Waals surface area contributed by atoms with Crippen LogP contribution in [0.4, 0.5) is 5.69 Å². The van der Waals surface area contributed by atoms with E-state index in [0.717, 1.165) is 12.1 Å². The molecule has 1 heterocycles. The molecule has 0 aromatic heterocycles. The quantitative estimate of drug-likeness (QED) is 0.788. The molecule has 0 unspecified atom stereocenters. The van der Waals surface area contributed by atoms with Crippen LogP contribution in [-0.4, -0.2) is 80.2 Å². The van der Waals surface area contributed by atoms with Gasteiger partial charge < -0.3 is 24.5 Å². The van der Waals surface area contributed by atoms with Gasteiger partial charge in [0, 0.05) is 39.8 Å². The van der Waals surface area contributed by atoms with Crippen LogP contribution in [0.3, 0.4) is 0 Å². The molecule has 1 N–H and O–H groups in total. The first-order valence-electron chi connectivity index (χ1n) is 8.99. The summed E-state index contributed by atoms with van der Waals surface area (Å²) in [7, 11) is 5.35. The third kappa shape index (κ3) is 4.46. The van der Waals surface area contributed by atoms with Crippen molar-refractivity contribution >= 4 is 17.5 Å². The summed E-state index contributed by atoms with van der Waals surface area (Å²) in [6.07, 6.45) is 1.16. The van der Waals surface area contributed by atoms with E-state index < -0.39 is 0 Å². The van der Waals surface area contributed by atoms with Gasteiger partial charge in [-0.15, -0.1) is 0 Å². The smallest absolute Gasteiger partial charge is 0.253 e. The Kier molecular flexibility index (Phi) is 6.85. The summed E-state index contributed by atoms with van der Waals surface area (Å²) in [6, 6.07) is 5.25. The van der Waals surface area contributed by atoms with Crippen molar-refractivity contribution in [2.24, 2.45) is 0 Å². The minimum absolute atomic E-state index is 0.00493. The minimum Gasteiger partial charge on any atom is -0.489 e. The number of aliphatic hydroxyl groups excluding tert-OH is 1. The van der Waals surface area contributed by atoms with Crippen LogP contribution in [0.5, 0.6) is 5.75 Å². The van der Waals surface area contributed by atoms with E-state index in [1.165, 1.54) is 4.90 Å². The molecular formula is C19H29N3O4. The number of anilines is 1. The molecular weight excluding hydrogens is 334 g/mol. The van der Waals surface area contributed by atoms with E-state index in [-0.39, 0.29) is 24.5 Å². The van der Waals surface area contributed by atoms with Gasteiger partial charge in [0.05, 0.1) is 24.8 Å². The molecule has 2 amide bonds. The van der Waals surface area contributed by atoms with Crippen molar-refractivity contribution in [3.8, 4) is 5.75 Å². The number of ether oxygens (including phenoxy) is 1. The molecule has 1 aliphatic rings. The molecule has 1 aromatic carbocycles. The second kappa shape index (κ2) is 8.89. The third-order valence-corrected chi connectivity index (χ3v) is 4.60. The Hall–Kier alpha value is -2.28. The summed E-state index contributed by atoms with van der Waals surface area (Å²) in [4.78, 5) is 30.0. The lowest BCUT2D eigenvalue weighted by molar-refractivity contribution is -0.132. The Morgan fingerprint density at radius 3 is 2.65 bits per heavy atom. The summed E-state index contributed by atoms with van der Waals surface area (Å²) in [5.41, 5.74) is 1.40. The van der Waals surface area contributed by atoms with E-state index in [0.29, 0.717) is 37.4 Å². The number of rotatable bonds is 7. The summed E-state index contributed by atoms with van der Waals surface area (Å²) in [5.74, 6) is 0.647. The van der Waals surface area contributed by atoms with Crippen molar-refractivity contribution in [3.05, 3.63) is 23.8 Å². The lowest BCUT2D eigenvalue weighted by Gasteiger charge is -2.36. The van der Waals surface area contributed by atoms with E-state index in [4.69, 9.17) is 9.84 Å². The number of amides is 2. The number of carbonyl (C=O) groups excluding carboxylic acids is 2. The van der Waals surface area contributed by atoms with Gasteiger partial charge in [0.15, 0.2) is 0 Å². The maximum atomic E-state index is 12.6. The van der Waals surface area contributed by atoms with E-state index in [2.05, 4.69) is 0 Å². The van der Waals surface area contributed by atoms with Gasteiger partial charge in [-0.2, -0.15) is 0 Å². The molecule has 1 aliphatic heterocycles. The van der Waals surface area contributed by atoms with Gasteiger partial charge in [0.25, 0.3) is 5.91 Å². The van der Waals surface area contributed by atoms with E-state index in [1.807, 2.05) is 24.9 Å². The summed E-state index contributed by atoms with van der Waals surface area (Å²) >= 11 is 0. The fourth-order valence-electron chi connectivity index (χ4n) is 3.08. The molecule has 0 saturated carbocycles. The Balaban J connectivity index is 2.15. The van der Waals surface area contributed by atoms with Crippen LogP contribution in [0.2, 0.25) is 0 Å². The van der Waals surface area contributed by atoms with Crippen LogP contribution < -0.4 is 9.64 Å². The summed E-state index contributed by atoms with van der Waals surface area (Å²) in [6.45, 7) is 3.36. The zero-order chi connectivity index (χ0) is 19.3. The molecule has 144 valence electrons. The number of nitrogens with zero attached hydrogens (tertiary/aromatic N) is 3. The molecule has 0 aliphatic carbocycles. The Bertz CT molecular complexity index is 642. The number of fused-ring (bicyclic) bond motifs is 1. The van der Waals surface area contributed by atoms with Crippen LogP contribution in [0.1, 0.15) is 30.1 Å². The van der Waals surface area contributed by atoms with Gasteiger partial charge in [-0.05, 0) is 24.6 Å². The summed E-state index contributed by atoms with van der Waals surface area (Å²) < 4.78 is 5.82. The van der Waals surface area contributed by atoms with Gasteiger partial charge in [0.2, 0.25) is 5.91 Å². The van der Waals surface area contributed by atoms with Crippen molar-refractivity contribution in [3.63, 3.8) is 0 Å². The third-order valence-electron chi connectivity index (χ3n) is 4.60. The van der Waals surface area contributed by atoms with Crippen LogP contribution in [-0.2, 0) is 4.79 Å². The number of hydrogen-bond donors (Lipinski definition) is 1. The SMILES string of the molecule is CCCN(CCO)C(=O)C[C@H]1COc2ccc(C(=O)N(C)C)cc2N1C. The number of likely N-dealkylation sites (N-methyl/N-ethyl adjacent to an activating group) is 1. The van der Waals surface area contributed by atoms with Gasteiger partial charge >= 0.3 is 0 Å². The largest absolute Gasteiger partial charge is 0.489 e.